The highest BCUT2D eigenvalue weighted by Crippen LogP contribution is 2.43. The number of rotatable bonds is 62. The summed E-state index contributed by atoms with van der Waals surface area (Å²) in [6.07, 6.45) is 80.3. The summed E-state index contributed by atoms with van der Waals surface area (Å²) in [6, 6.07) is 0. The van der Waals surface area contributed by atoms with E-state index in [-0.39, 0.29) is 25.9 Å². The Kier molecular flexibility index (Phi) is 62.1. The number of aliphatic hydroxyl groups excluding tert-OH is 1. The van der Waals surface area contributed by atoms with Gasteiger partial charge in [0.05, 0.1) is 19.8 Å². The number of unbranched alkanes of at least 4 members (excludes halogenated alkanes) is 27. The molecule has 0 fully saturated rings. The third-order valence-electron chi connectivity index (χ3n) is 14.2. The predicted octanol–water partition coefficient (Wildman–Crippen LogP) is 20.9. The zero-order valence-corrected chi connectivity index (χ0v) is 54.5. The molecular weight excluding hydrogens is 1070 g/mol. The second-order valence-electron chi connectivity index (χ2n) is 22.2. The lowest BCUT2D eigenvalue weighted by Gasteiger charge is -2.21. The summed E-state index contributed by atoms with van der Waals surface area (Å²) in [5.41, 5.74) is 0. The summed E-state index contributed by atoms with van der Waals surface area (Å²) < 4.78 is 39.8. The Morgan fingerprint density at radius 3 is 0.964 bits per heavy atom. The monoisotopic (exact) mass is 1190 g/mol. The molecule has 482 valence electrons. The van der Waals surface area contributed by atoms with Gasteiger partial charge in [0.15, 0.2) is 6.10 Å². The highest BCUT2D eigenvalue weighted by Gasteiger charge is 2.28. The van der Waals surface area contributed by atoms with Crippen LogP contribution in [0.15, 0.2) is 109 Å². The summed E-state index contributed by atoms with van der Waals surface area (Å²) in [5, 5.41) is 9.88. The van der Waals surface area contributed by atoms with Crippen LogP contribution in [-0.4, -0.2) is 66.5 Å². The third-order valence-corrected chi connectivity index (χ3v) is 15.1. The van der Waals surface area contributed by atoms with Crippen molar-refractivity contribution in [1.82, 2.24) is 0 Å². The molecule has 0 amide bonds. The molecule has 0 saturated carbocycles. The van der Waals surface area contributed by atoms with Gasteiger partial charge in [-0.2, -0.15) is 0 Å². The Balaban J connectivity index is 4.73. The molecule has 0 rings (SSSR count). The van der Waals surface area contributed by atoms with Gasteiger partial charge in [0, 0.05) is 19.3 Å². The van der Waals surface area contributed by atoms with E-state index in [1.165, 1.54) is 83.5 Å². The van der Waals surface area contributed by atoms with Crippen molar-refractivity contribution in [3.8, 4) is 0 Å². The average Bonchev–Trinajstić information content (AvgIpc) is 3.55. The number of phosphoric ester groups is 1. The fourth-order valence-corrected chi connectivity index (χ4v) is 9.88. The van der Waals surface area contributed by atoms with E-state index >= 15 is 0 Å². The van der Waals surface area contributed by atoms with E-state index in [4.69, 9.17) is 23.3 Å². The molecule has 3 unspecified atom stereocenters. The summed E-state index contributed by atoms with van der Waals surface area (Å²) >= 11 is 0. The first-order chi connectivity index (χ1) is 41.2. The Morgan fingerprint density at radius 1 is 0.345 bits per heavy atom. The maximum Gasteiger partial charge on any atom is 0.472 e. The van der Waals surface area contributed by atoms with Gasteiger partial charge in [-0.05, 0) is 122 Å². The molecular formula is C72H123O11P. The lowest BCUT2D eigenvalue weighted by Crippen LogP contribution is -2.30. The second-order valence-corrected chi connectivity index (χ2v) is 23.7. The predicted molar refractivity (Wildman–Crippen MR) is 353 cm³/mol. The standard InChI is InChI=1S/C72H123O11P/c1-4-7-10-13-16-19-22-25-28-31-34-37-40-43-46-49-52-55-58-61-70(74)79-65-69(83-72(76)63-60-57-54-51-48-45-42-39-36-33-30-27-24-21-18-15-12-9-6-3)67-81-84(77,78)80-66-68(64-73)82-71(75)62-59-56-53-50-47-44-41-38-35-32-29-26-23-20-17-14-11-8-5-2/h7,9-10,12,16,18-19,21,25-30,34,36-37,39,68-69,73H,4-6,8,11,13-15,17,20,22-24,31-33,35,38,40-67H2,1-3H3,(H,77,78)/b10-7-,12-9-,19-16-,21-18-,28-25-,29-26-,30-27-,37-34-,39-36-. The smallest absolute Gasteiger partial charge is 0.462 e. The quantitative estimate of drug-likeness (QED) is 0.0197. The number of hydrogen-bond donors (Lipinski definition) is 2. The number of esters is 3. The molecule has 0 aromatic rings. The van der Waals surface area contributed by atoms with Crippen LogP contribution in [0.3, 0.4) is 0 Å². The summed E-state index contributed by atoms with van der Waals surface area (Å²) in [7, 11) is -4.77. The molecule has 0 aliphatic heterocycles. The molecule has 0 aromatic carbocycles. The normalized spacial score (nSPS) is 13.9. The SMILES string of the molecule is CC/C=C\C/C=C\C/C=C\C/C=C\CCCCCCCCC(=O)OCC(COP(=O)(O)OCC(CO)OC(=O)CCCCCCCCCCC/C=C\CCCCCCCC)OC(=O)CCCCCCCC/C=C\C/C=C\C/C=C\C/C=C\CC. The van der Waals surface area contributed by atoms with Crippen molar-refractivity contribution >= 4 is 25.7 Å². The van der Waals surface area contributed by atoms with Crippen molar-refractivity contribution in [3.63, 3.8) is 0 Å². The summed E-state index contributed by atoms with van der Waals surface area (Å²) in [6.45, 7) is 4.42. The zero-order chi connectivity index (χ0) is 61.2. The van der Waals surface area contributed by atoms with Crippen LogP contribution in [0.4, 0.5) is 0 Å². The maximum absolute atomic E-state index is 13.0. The molecule has 0 aromatic heterocycles. The molecule has 0 aliphatic rings. The van der Waals surface area contributed by atoms with Crippen LogP contribution in [0.25, 0.3) is 0 Å². The van der Waals surface area contributed by atoms with Crippen molar-refractivity contribution in [2.45, 2.75) is 303 Å². The molecule has 0 saturated heterocycles. The Labute approximate surface area is 514 Å². The van der Waals surface area contributed by atoms with Crippen LogP contribution in [0, 0.1) is 0 Å². The van der Waals surface area contributed by atoms with E-state index in [1.807, 2.05) is 0 Å². The highest BCUT2D eigenvalue weighted by molar-refractivity contribution is 7.47. The van der Waals surface area contributed by atoms with E-state index in [1.54, 1.807) is 0 Å². The minimum atomic E-state index is -4.77. The van der Waals surface area contributed by atoms with Crippen LogP contribution in [0.1, 0.15) is 290 Å². The summed E-state index contributed by atoms with van der Waals surface area (Å²) in [5.74, 6) is -1.50. The number of allylic oxidation sites excluding steroid dienone is 18. The first-order valence-electron chi connectivity index (χ1n) is 33.8. The zero-order valence-electron chi connectivity index (χ0n) is 53.6. The molecule has 0 aliphatic carbocycles. The first-order valence-corrected chi connectivity index (χ1v) is 35.3. The number of hydrogen-bond acceptors (Lipinski definition) is 10. The number of phosphoric acid groups is 1. The van der Waals surface area contributed by atoms with Crippen molar-refractivity contribution < 1.29 is 52.2 Å². The fourth-order valence-electron chi connectivity index (χ4n) is 9.10. The highest BCUT2D eigenvalue weighted by atomic mass is 31.2. The third kappa shape index (κ3) is 62.7. The molecule has 84 heavy (non-hydrogen) atoms. The van der Waals surface area contributed by atoms with Gasteiger partial charge in [0.1, 0.15) is 12.7 Å². The molecule has 12 heteroatoms. The van der Waals surface area contributed by atoms with Crippen molar-refractivity contribution in [3.05, 3.63) is 109 Å². The van der Waals surface area contributed by atoms with Gasteiger partial charge in [-0.3, -0.25) is 23.4 Å². The molecule has 3 atom stereocenters. The van der Waals surface area contributed by atoms with Gasteiger partial charge >= 0.3 is 25.7 Å². The largest absolute Gasteiger partial charge is 0.472 e. The van der Waals surface area contributed by atoms with Crippen LogP contribution in [-0.2, 0) is 42.2 Å². The Hall–Kier alpha value is -3.86. The number of carbonyl (C=O) groups is 3. The average molecular weight is 1200 g/mol. The second kappa shape index (κ2) is 65.1. The molecule has 0 heterocycles. The van der Waals surface area contributed by atoms with E-state index in [9.17, 15) is 28.9 Å². The number of carbonyl (C=O) groups excluding carboxylic acids is 3. The fraction of sp³-hybridized carbons (Fsp3) is 0.708. The van der Waals surface area contributed by atoms with Crippen molar-refractivity contribution in [2.75, 3.05) is 26.4 Å². The maximum atomic E-state index is 13.0. The summed E-state index contributed by atoms with van der Waals surface area (Å²) in [4.78, 5) is 48.9. The number of ether oxygens (including phenoxy) is 3. The van der Waals surface area contributed by atoms with Gasteiger partial charge in [-0.25, -0.2) is 4.57 Å². The lowest BCUT2D eigenvalue weighted by molar-refractivity contribution is -0.161. The van der Waals surface area contributed by atoms with Crippen LogP contribution in [0.2, 0.25) is 0 Å². The lowest BCUT2D eigenvalue weighted by atomic mass is 10.1. The van der Waals surface area contributed by atoms with Crippen LogP contribution in [0.5, 0.6) is 0 Å². The Morgan fingerprint density at radius 2 is 0.619 bits per heavy atom. The molecule has 0 bridgehead atoms. The van der Waals surface area contributed by atoms with E-state index < -0.39 is 57.8 Å². The number of aliphatic hydroxyl groups is 1. The van der Waals surface area contributed by atoms with Crippen LogP contribution < -0.4 is 0 Å². The minimum Gasteiger partial charge on any atom is -0.462 e. The van der Waals surface area contributed by atoms with Gasteiger partial charge in [-0.15, -0.1) is 0 Å². The minimum absolute atomic E-state index is 0.143. The van der Waals surface area contributed by atoms with Gasteiger partial charge in [-0.1, -0.05) is 259 Å². The van der Waals surface area contributed by atoms with Crippen molar-refractivity contribution in [1.29, 1.82) is 0 Å². The van der Waals surface area contributed by atoms with Gasteiger partial charge in [0.2, 0.25) is 0 Å². The molecule has 2 N–H and O–H groups in total. The van der Waals surface area contributed by atoms with E-state index in [0.717, 1.165) is 148 Å². The molecule has 11 nitrogen and oxygen atoms in total. The van der Waals surface area contributed by atoms with E-state index in [2.05, 4.69) is 130 Å². The molecule has 0 radical (unpaired) electrons. The Bertz CT molecular complexity index is 1830. The van der Waals surface area contributed by atoms with Gasteiger partial charge in [0.25, 0.3) is 0 Å². The van der Waals surface area contributed by atoms with E-state index in [0.29, 0.717) is 19.3 Å². The van der Waals surface area contributed by atoms with Gasteiger partial charge < -0.3 is 24.2 Å². The molecule has 0 spiro atoms. The first kappa shape index (κ1) is 80.1. The van der Waals surface area contributed by atoms with Crippen LogP contribution >= 0.6 is 7.82 Å². The van der Waals surface area contributed by atoms with Crippen molar-refractivity contribution in [2.24, 2.45) is 0 Å². The topological polar surface area (TPSA) is 155 Å².